The van der Waals surface area contributed by atoms with Crippen LogP contribution >= 0.6 is 12.6 Å². The van der Waals surface area contributed by atoms with Crippen LogP contribution in [-0.4, -0.2) is 48.9 Å². The Morgan fingerprint density at radius 3 is 2.56 bits per heavy atom. The molecule has 0 saturated carbocycles. The largest absolute Gasteiger partial charge is 0.339 e. The summed E-state index contributed by atoms with van der Waals surface area (Å²) in [5, 5.41) is 0. The van der Waals surface area contributed by atoms with E-state index >= 15 is 0 Å². The van der Waals surface area contributed by atoms with Crippen molar-refractivity contribution in [3.63, 3.8) is 0 Å². The van der Waals surface area contributed by atoms with Crippen LogP contribution in [0.2, 0.25) is 0 Å². The maximum absolute atomic E-state index is 12.4. The van der Waals surface area contributed by atoms with Crippen LogP contribution in [0.25, 0.3) is 0 Å². The van der Waals surface area contributed by atoms with Gasteiger partial charge < -0.3 is 9.80 Å². The van der Waals surface area contributed by atoms with Crippen molar-refractivity contribution in [1.82, 2.24) is 9.80 Å². The van der Waals surface area contributed by atoms with E-state index in [0.29, 0.717) is 11.6 Å². The molecule has 0 radical (unpaired) electrons. The Morgan fingerprint density at radius 2 is 1.94 bits per heavy atom. The molecule has 0 bridgehead atoms. The van der Waals surface area contributed by atoms with Crippen molar-refractivity contribution in [3.8, 4) is 0 Å². The van der Waals surface area contributed by atoms with Crippen LogP contribution in [0.15, 0.2) is 29.2 Å². The molecule has 0 spiro atoms. The minimum atomic E-state index is 0.0788. The predicted molar refractivity (Wildman–Crippen MR) is 76.3 cm³/mol. The Hall–Kier alpha value is -1.00. The average molecular weight is 264 g/mol. The zero-order valence-electron chi connectivity index (χ0n) is 11.0. The molecular weight excluding hydrogens is 244 g/mol. The zero-order valence-corrected chi connectivity index (χ0v) is 11.9. The highest BCUT2D eigenvalue weighted by molar-refractivity contribution is 7.80. The third kappa shape index (κ3) is 2.87. The van der Waals surface area contributed by atoms with Gasteiger partial charge in [0.05, 0.1) is 5.56 Å². The molecule has 1 heterocycles. The number of thiol groups is 1. The van der Waals surface area contributed by atoms with Crippen LogP contribution in [0.4, 0.5) is 0 Å². The van der Waals surface area contributed by atoms with Crippen molar-refractivity contribution in [2.45, 2.75) is 23.8 Å². The van der Waals surface area contributed by atoms with E-state index < -0.39 is 0 Å². The van der Waals surface area contributed by atoms with Gasteiger partial charge in [-0.1, -0.05) is 12.1 Å². The average Bonchev–Trinajstić information content (AvgIpc) is 2.38. The van der Waals surface area contributed by atoms with Gasteiger partial charge in [0.25, 0.3) is 5.91 Å². The summed E-state index contributed by atoms with van der Waals surface area (Å²) in [5.41, 5.74) is 0.697. The van der Waals surface area contributed by atoms with Crippen molar-refractivity contribution < 1.29 is 4.79 Å². The number of carbonyl (C=O) groups excluding carboxylic acids is 1. The van der Waals surface area contributed by atoms with Gasteiger partial charge in [0.2, 0.25) is 0 Å². The zero-order chi connectivity index (χ0) is 13.1. The maximum atomic E-state index is 12.4. The van der Waals surface area contributed by atoms with Crippen molar-refractivity contribution in [2.75, 3.05) is 27.2 Å². The minimum absolute atomic E-state index is 0.0788. The van der Waals surface area contributed by atoms with E-state index in [-0.39, 0.29) is 5.91 Å². The van der Waals surface area contributed by atoms with Gasteiger partial charge in [-0.3, -0.25) is 4.79 Å². The maximum Gasteiger partial charge on any atom is 0.254 e. The van der Waals surface area contributed by atoms with E-state index in [0.717, 1.165) is 30.8 Å². The van der Waals surface area contributed by atoms with Gasteiger partial charge in [-0.2, -0.15) is 0 Å². The van der Waals surface area contributed by atoms with Crippen LogP contribution < -0.4 is 0 Å². The Bertz CT molecular complexity index is 428. The summed E-state index contributed by atoms with van der Waals surface area (Å²) in [6.45, 7) is 2.12. The standard InChI is InChI=1S/C14H20N2OS/c1-15-9-7-11(8-10-15)16(2)14(17)12-5-3-4-6-13(12)18/h3-6,11,18H,7-10H2,1-2H3. The molecule has 0 unspecified atom stereocenters. The first-order chi connectivity index (χ1) is 8.59. The molecule has 1 saturated heterocycles. The molecule has 4 heteroatoms. The number of likely N-dealkylation sites (tertiary alicyclic amines) is 1. The third-order valence-electron chi connectivity index (χ3n) is 3.69. The van der Waals surface area contributed by atoms with Crippen LogP contribution in [-0.2, 0) is 0 Å². The molecule has 1 amide bonds. The number of carbonyl (C=O) groups is 1. The molecule has 1 aliphatic rings. The third-order valence-corrected chi connectivity index (χ3v) is 4.08. The lowest BCUT2D eigenvalue weighted by Crippen LogP contribution is -2.44. The van der Waals surface area contributed by atoms with Crippen LogP contribution in [0.5, 0.6) is 0 Å². The second-order valence-corrected chi connectivity index (χ2v) is 5.45. The quantitative estimate of drug-likeness (QED) is 0.827. The smallest absolute Gasteiger partial charge is 0.254 e. The van der Waals surface area contributed by atoms with Gasteiger partial charge in [-0.05, 0) is 45.1 Å². The summed E-state index contributed by atoms with van der Waals surface area (Å²) < 4.78 is 0. The number of benzene rings is 1. The number of piperidine rings is 1. The Labute approximate surface area is 114 Å². The van der Waals surface area contributed by atoms with E-state index in [1.54, 1.807) is 0 Å². The fraction of sp³-hybridized carbons (Fsp3) is 0.500. The molecule has 0 atom stereocenters. The Kier molecular flexibility index (Phi) is 4.30. The number of hydrogen-bond donors (Lipinski definition) is 1. The van der Waals surface area contributed by atoms with E-state index in [1.165, 1.54) is 0 Å². The molecular formula is C14H20N2OS. The van der Waals surface area contributed by atoms with Gasteiger partial charge in [0, 0.05) is 18.0 Å². The molecule has 1 aliphatic heterocycles. The summed E-state index contributed by atoms with van der Waals surface area (Å²) >= 11 is 4.35. The van der Waals surface area contributed by atoms with Gasteiger partial charge in [-0.15, -0.1) is 12.6 Å². The van der Waals surface area contributed by atoms with Gasteiger partial charge in [0.15, 0.2) is 0 Å². The SMILES string of the molecule is CN1CCC(N(C)C(=O)c2ccccc2S)CC1. The molecule has 2 rings (SSSR count). The topological polar surface area (TPSA) is 23.6 Å². The van der Waals surface area contributed by atoms with E-state index in [9.17, 15) is 4.79 Å². The summed E-state index contributed by atoms with van der Waals surface area (Å²) in [6.07, 6.45) is 2.10. The van der Waals surface area contributed by atoms with Crippen LogP contribution in [0, 0.1) is 0 Å². The summed E-state index contributed by atoms with van der Waals surface area (Å²) in [5.74, 6) is 0.0788. The van der Waals surface area contributed by atoms with Crippen molar-refractivity contribution in [2.24, 2.45) is 0 Å². The number of nitrogens with zero attached hydrogens (tertiary/aromatic N) is 2. The normalized spacial score (nSPS) is 17.7. The lowest BCUT2D eigenvalue weighted by Gasteiger charge is -2.35. The van der Waals surface area contributed by atoms with E-state index in [2.05, 4.69) is 24.6 Å². The fourth-order valence-corrected chi connectivity index (χ4v) is 2.65. The molecule has 98 valence electrons. The van der Waals surface area contributed by atoms with E-state index in [1.807, 2.05) is 36.2 Å². The first-order valence-electron chi connectivity index (χ1n) is 6.33. The minimum Gasteiger partial charge on any atom is -0.339 e. The number of hydrogen-bond acceptors (Lipinski definition) is 3. The highest BCUT2D eigenvalue weighted by Crippen LogP contribution is 2.20. The molecule has 18 heavy (non-hydrogen) atoms. The molecule has 1 aromatic rings. The molecule has 0 aliphatic carbocycles. The molecule has 0 N–H and O–H groups in total. The summed E-state index contributed by atoms with van der Waals surface area (Å²) in [4.78, 5) is 17.3. The van der Waals surface area contributed by atoms with Gasteiger partial charge in [-0.25, -0.2) is 0 Å². The lowest BCUT2D eigenvalue weighted by atomic mass is 10.0. The highest BCUT2D eigenvalue weighted by Gasteiger charge is 2.25. The number of amides is 1. The van der Waals surface area contributed by atoms with Crippen molar-refractivity contribution >= 4 is 18.5 Å². The van der Waals surface area contributed by atoms with E-state index in [4.69, 9.17) is 0 Å². The monoisotopic (exact) mass is 264 g/mol. The summed E-state index contributed by atoms with van der Waals surface area (Å²) in [7, 11) is 4.03. The number of rotatable bonds is 2. The molecule has 1 aromatic carbocycles. The van der Waals surface area contributed by atoms with Crippen LogP contribution in [0.3, 0.4) is 0 Å². The predicted octanol–water partition coefficient (Wildman–Crippen LogP) is 2.14. The second kappa shape index (κ2) is 5.76. The summed E-state index contributed by atoms with van der Waals surface area (Å²) in [6, 6.07) is 7.83. The second-order valence-electron chi connectivity index (χ2n) is 4.97. The fourth-order valence-electron chi connectivity index (χ4n) is 2.39. The Morgan fingerprint density at radius 1 is 1.33 bits per heavy atom. The first-order valence-corrected chi connectivity index (χ1v) is 6.78. The molecule has 1 fully saturated rings. The Balaban J connectivity index is 2.07. The molecule has 3 nitrogen and oxygen atoms in total. The molecule has 0 aromatic heterocycles. The van der Waals surface area contributed by atoms with Gasteiger partial charge in [0.1, 0.15) is 0 Å². The van der Waals surface area contributed by atoms with Crippen LogP contribution in [0.1, 0.15) is 23.2 Å². The lowest BCUT2D eigenvalue weighted by molar-refractivity contribution is 0.0656. The van der Waals surface area contributed by atoms with Crippen molar-refractivity contribution in [3.05, 3.63) is 29.8 Å². The highest BCUT2D eigenvalue weighted by atomic mass is 32.1. The van der Waals surface area contributed by atoms with Gasteiger partial charge >= 0.3 is 0 Å². The first kappa shape index (κ1) is 13.4. The van der Waals surface area contributed by atoms with Crippen molar-refractivity contribution in [1.29, 1.82) is 0 Å².